The maximum atomic E-state index is 11.1. The van der Waals surface area contributed by atoms with Crippen LogP contribution in [0.15, 0.2) is 36.0 Å². The van der Waals surface area contributed by atoms with Gasteiger partial charge < -0.3 is 25.8 Å². The fourth-order valence-corrected chi connectivity index (χ4v) is 3.66. The van der Waals surface area contributed by atoms with Crippen molar-refractivity contribution in [1.29, 1.82) is 0 Å². The summed E-state index contributed by atoms with van der Waals surface area (Å²) in [6.45, 7) is 2.96. The molecule has 1 aromatic carbocycles. The van der Waals surface area contributed by atoms with Gasteiger partial charge in [0.05, 0.1) is 24.2 Å². The van der Waals surface area contributed by atoms with Crippen molar-refractivity contribution in [1.82, 2.24) is 15.0 Å². The van der Waals surface area contributed by atoms with E-state index >= 15 is 0 Å². The molecule has 10 heteroatoms. The molecule has 0 spiro atoms. The predicted octanol–water partition coefficient (Wildman–Crippen LogP) is 3.25. The highest BCUT2D eigenvalue weighted by atomic mass is 35.5. The molecule has 8 nitrogen and oxygen atoms in total. The van der Waals surface area contributed by atoms with E-state index in [9.17, 15) is 5.11 Å². The van der Waals surface area contributed by atoms with Gasteiger partial charge in [0.1, 0.15) is 15.6 Å². The summed E-state index contributed by atoms with van der Waals surface area (Å²) in [5.41, 5.74) is 6.73. The maximum absolute atomic E-state index is 11.1. The van der Waals surface area contributed by atoms with Crippen LogP contribution in [0.3, 0.4) is 0 Å². The molecule has 0 aliphatic rings. The lowest BCUT2D eigenvalue weighted by atomic mass is 9.95. The van der Waals surface area contributed by atoms with Gasteiger partial charge in [-0.1, -0.05) is 17.7 Å². The molecule has 29 heavy (non-hydrogen) atoms. The van der Waals surface area contributed by atoms with Gasteiger partial charge in [0.15, 0.2) is 5.82 Å². The second-order valence-corrected chi connectivity index (χ2v) is 7.91. The Hall–Kier alpha value is -2.46. The second kappa shape index (κ2) is 8.91. The molecule has 1 atom stereocenters. The first-order valence-corrected chi connectivity index (χ1v) is 10.1. The van der Waals surface area contributed by atoms with E-state index in [2.05, 4.69) is 20.3 Å². The normalized spacial score (nSPS) is 13.1. The van der Waals surface area contributed by atoms with Crippen molar-refractivity contribution in [3.63, 3.8) is 0 Å². The number of aliphatic hydroxyl groups is 1. The number of nitrogens with two attached hydrogens (primary N) is 1. The number of anilines is 4. The van der Waals surface area contributed by atoms with Gasteiger partial charge in [0.25, 0.3) is 0 Å². The van der Waals surface area contributed by atoms with Crippen molar-refractivity contribution in [2.75, 3.05) is 43.3 Å². The molecule has 0 unspecified atom stereocenters. The maximum Gasteiger partial charge on any atom is 0.222 e. The number of nitrogen functional groups attached to an aromatic ring is 1. The summed E-state index contributed by atoms with van der Waals surface area (Å²) < 4.78 is 5.19. The van der Waals surface area contributed by atoms with Gasteiger partial charge in [0, 0.05) is 32.3 Å². The summed E-state index contributed by atoms with van der Waals surface area (Å²) in [5, 5.41) is 17.1. The minimum atomic E-state index is -1.25. The molecule has 0 aliphatic heterocycles. The molecule has 0 aliphatic carbocycles. The van der Waals surface area contributed by atoms with Crippen molar-refractivity contribution in [2.24, 2.45) is 0 Å². The minimum Gasteiger partial charge on any atom is -0.383 e. The van der Waals surface area contributed by atoms with Crippen LogP contribution < -0.4 is 16.0 Å². The molecular weight excluding hydrogens is 412 g/mol. The minimum absolute atomic E-state index is 0.108. The topological polar surface area (TPSA) is 109 Å². The van der Waals surface area contributed by atoms with Crippen LogP contribution in [-0.2, 0) is 10.3 Å². The number of hydrogen-bond donors (Lipinski definition) is 3. The van der Waals surface area contributed by atoms with E-state index in [4.69, 9.17) is 22.1 Å². The SMILES string of the molecule is COCCN(C)c1ccc([C@](C)(O)c2nccs2)cc1Nc1nc(N)ncc1Cl. The molecule has 3 aromatic rings. The largest absolute Gasteiger partial charge is 0.383 e. The molecule has 4 N–H and O–H groups in total. The van der Waals surface area contributed by atoms with E-state index in [1.54, 1.807) is 20.2 Å². The van der Waals surface area contributed by atoms with E-state index in [1.807, 2.05) is 35.5 Å². The molecule has 0 radical (unpaired) electrons. The molecule has 0 amide bonds. The van der Waals surface area contributed by atoms with Crippen molar-refractivity contribution in [3.05, 3.63) is 51.6 Å². The van der Waals surface area contributed by atoms with Crippen molar-refractivity contribution in [2.45, 2.75) is 12.5 Å². The summed E-state index contributed by atoms with van der Waals surface area (Å²) >= 11 is 7.63. The number of aromatic nitrogens is 3. The highest BCUT2D eigenvalue weighted by Crippen LogP contribution is 2.37. The number of rotatable bonds is 8. The van der Waals surface area contributed by atoms with Crippen LogP contribution >= 0.6 is 22.9 Å². The summed E-state index contributed by atoms with van der Waals surface area (Å²) in [7, 11) is 3.61. The molecule has 3 rings (SSSR count). The molecule has 0 saturated heterocycles. The van der Waals surface area contributed by atoms with Crippen molar-refractivity contribution < 1.29 is 9.84 Å². The van der Waals surface area contributed by atoms with Crippen LogP contribution in [0, 0.1) is 0 Å². The monoisotopic (exact) mass is 434 g/mol. The zero-order valence-electron chi connectivity index (χ0n) is 16.4. The van der Waals surface area contributed by atoms with E-state index < -0.39 is 5.60 Å². The number of halogens is 1. The van der Waals surface area contributed by atoms with Crippen molar-refractivity contribution in [3.8, 4) is 0 Å². The van der Waals surface area contributed by atoms with Crippen LogP contribution in [0.5, 0.6) is 0 Å². The lowest BCUT2D eigenvalue weighted by Crippen LogP contribution is -2.25. The third-order valence-electron chi connectivity index (χ3n) is 4.47. The molecular formula is C19H23ClN6O2S. The van der Waals surface area contributed by atoms with Crippen LogP contribution in [0.1, 0.15) is 17.5 Å². The summed E-state index contributed by atoms with van der Waals surface area (Å²) in [6.07, 6.45) is 3.11. The first kappa shape index (κ1) is 21.3. The van der Waals surface area contributed by atoms with Gasteiger partial charge in [-0.3, -0.25) is 0 Å². The Morgan fingerprint density at radius 2 is 2.17 bits per heavy atom. The number of ether oxygens (including phenoxy) is 1. The van der Waals surface area contributed by atoms with E-state index in [1.165, 1.54) is 17.5 Å². The number of methoxy groups -OCH3 is 1. The lowest BCUT2D eigenvalue weighted by Gasteiger charge is -2.27. The smallest absolute Gasteiger partial charge is 0.222 e. The van der Waals surface area contributed by atoms with E-state index in [0.717, 1.165) is 5.69 Å². The Kier molecular flexibility index (Phi) is 6.53. The summed E-state index contributed by atoms with van der Waals surface area (Å²) in [6, 6.07) is 5.66. The zero-order chi connectivity index (χ0) is 21.0. The lowest BCUT2D eigenvalue weighted by molar-refractivity contribution is 0.102. The highest BCUT2D eigenvalue weighted by Gasteiger charge is 2.29. The van der Waals surface area contributed by atoms with Crippen LogP contribution in [0.4, 0.5) is 23.1 Å². The van der Waals surface area contributed by atoms with Gasteiger partial charge in [0.2, 0.25) is 5.95 Å². The number of thiazole rings is 1. The fourth-order valence-electron chi connectivity index (χ4n) is 2.80. The van der Waals surface area contributed by atoms with Crippen LogP contribution in [-0.4, -0.2) is 47.4 Å². The zero-order valence-corrected chi connectivity index (χ0v) is 18.0. The van der Waals surface area contributed by atoms with Crippen LogP contribution in [0.2, 0.25) is 5.02 Å². The Morgan fingerprint density at radius 1 is 1.38 bits per heavy atom. The summed E-state index contributed by atoms with van der Waals surface area (Å²) in [5.74, 6) is 0.490. The van der Waals surface area contributed by atoms with Gasteiger partial charge >= 0.3 is 0 Å². The Morgan fingerprint density at radius 3 is 2.86 bits per heavy atom. The van der Waals surface area contributed by atoms with Gasteiger partial charge in [-0.05, 0) is 24.6 Å². The van der Waals surface area contributed by atoms with Gasteiger partial charge in [-0.2, -0.15) is 4.98 Å². The summed E-state index contributed by atoms with van der Waals surface area (Å²) in [4.78, 5) is 14.4. The van der Waals surface area contributed by atoms with Gasteiger partial charge in [-0.15, -0.1) is 11.3 Å². The molecule has 2 heterocycles. The Balaban J connectivity index is 2.04. The third kappa shape index (κ3) is 4.76. The average Bonchev–Trinajstić information content (AvgIpc) is 3.24. The average molecular weight is 435 g/mol. The first-order valence-electron chi connectivity index (χ1n) is 8.85. The predicted molar refractivity (Wildman–Crippen MR) is 117 cm³/mol. The van der Waals surface area contributed by atoms with E-state index in [0.29, 0.717) is 40.3 Å². The van der Waals surface area contributed by atoms with E-state index in [-0.39, 0.29) is 5.95 Å². The van der Waals surface area contributed by atoms with Crippen LogP contribution in [0.25, 0.3) is 0 Å². The van der Waals surface area contributed by atoms with Crippen molar-refractivity contribution >= 4 is 46.1 Å². The number of nitrogens with zero attached hydrogens (tertiary/aromatic N) is 4. The first-order chi connectivity index (χ1) is 13.8. The standard InChI is InChI=1S/C19H23ClN6O2S/c1-19(27,17-22-6-9-29-17)12-4-5-15(26(2)7-8-28-3)14(10-12)24-16-13(20)11-23-18(21)25-16/h4-6,9-11,27H,7-8H2,1-3H3,(H3,21,23,24,25)/t19-/m0/s1. The van der Waals surface area contributed by atoms with Gasteiger partial charge in [-0.25, -0.2) is 9.97 Å². The number of hydrogen-bond acceptors (Lipinski definition) is 9. The molecule has 154 valence electrons. The highest BCUT2D eigenvalue weighted by molar-refractivity contribution is 7.09. The molecule has 2 aromatic heterocycles. The third-order valence-corrected chi connectivity index (χ3v) is 5.73. The number of benzene rings is 1. The number of nitrogens with one attached hydrogen (secondary N) is 1. The molecule has 0 saturated carbocycles. The quantitative estimate of drug-likeness (QED) is 0.495. The second-order valence-electron chi connectivity index (χ2n) is 6.61. The molecule has 0 fully saturated rings. The number of likely N-dealkylation sites (N-methyl/N-ethyl adjacent to an activating group) is 1. The Bertz CT molecular complexity index is 967. The Labute approximate surface area is 178 Å². The fraction of sp³-hybridized carbons (Fsp3) is 0.316. The molecule has 0 bridgehead atoms.